The lowest BCUT2D eigenvalue weighted by molar-refractivity contribution is -0.139. The molecular formula is C15H20N2O4S. The number of hydrogen-bond donors (Lipinski definition) is 3. The molecule has 0 fully saturated rings. The summed E-state index contributed by atoms with van der Waals surface area (Å²) < 4.78 is 0. The predicted molar refractivity (Wildman–Crippen MR) is 84.2 cm³/mol. The topological polar surface area (TPSA) is 109 Å². The molecule has 1 unspecified atom stereocenters. The molecule has 0 bridgehead atoms. The molecular weight excluding hydrogens is 304 g/mol. The van der Waals surface area contributed by atoms with E-state index in [1.54, 1.807) is 20.8 Å². The Morgan fingerprint density at radius 2 is 1.95 bits per heavy atom. The molecule has 0 saturated carbocycles. The first kappa shape index (κ1) is 16.5. The Morgan fingerprint density at radius 1 is 1.32 bits per heavy atom. The van der Waals surface area contributed by atoms with Crippen molar-refractivity contribution in [3.8, 4) is 0 Å². The first-order valence-electron chi connectivity index (χ1n) is 7.12. The average molecular weight is 324 g/mol. The number of aliphatic carboxylic acids is 1. The van der Waals surface area contributed by atoms with Crippen LogP contribution in [0.3, 0.4) is 0 Å². The molecule has 1 atom stereocenters. The highest BCUT2D eigenvalue weighted by molar-refractivity contribution is 7.17. The van der Waals surface area contributed by atoms with Gasteiger partial charge in [-0.15, -0.1) is 11.3 Å². The van der Waals surface area contributed by atoms with Crippen LogP contribution in [0.15, 0.2) is 0 Å². The highest BCUT2D eigenvalue weighted by atomic mass is 32.1. The van der Waals surface area contributed by atoms with Crippen LogP contribution in [-0.2, 0) is 16.0 Å². The minimum absolute atomic E-state index is 0.157. The van der Waals surface area contributed by atoms with Gasteiger partial charge in [0.05, 0.1) is 11.5 Å². The van der Waals surface area contributed by atoms with Crippen LogP contribution >= 0.6 is 11.3 Å². The summed E-state index contributed by atoms with van der Waals surface area (Å²) in [6.45, 7) is 5.29. The molecule has 0 radical (unpaired) electrons. The van der Waals surface area contributed by atoms with E-state index in [4.69, 9.17) is 5.73 Å². The van der Waals surface area contributed by atoms with Crippen molar-refractivity contribution in [1.29, 1.82) is 0 Å². The summed E-state index contributed by atoms with van der Waals surface area (Å²) in [6.07, 6.45) is 1.93. The van der Waals surface area contributed by atoms with Gasteiger partial charge in [0.2, 0.25) is 5.91 Å². The van der Waals surface area contributed by atoms with E-state index in [1.165, 1.54) is 11.3 Å². The molecule has 0 spiro atoms. The molecule has 7 heteroatoms. The normalized spacial score (nSPS) is 17.7. The van der Waals surface area contributed by atoms with Crippen LogP contribution in [0.4, 0.5) is 5.00 Å². The second-order valence-electron chi connectivity index (χ2n) is 6.49. The number of rotatable bonds is 3. The van der Waals surface area contributed by atoms with Gasteiger partial charge in [0.1, 0.15) is 5.00 Å². The predicted octanol–water partition coefficient (Wildman–Crippen LogP) is 2.34. The molecule has 2 amide bonds. The highest BCUT2D eigenvalue weighted by Crippen LogP contribution is 2.43. The second-order valence-corrected chi connectivity index (χ2v) is 7.60. The van der Waals surface area contributed by atoms with Crippen molar-refractivity contribution in [3.63, 3.8) is 0 Å². The first-order valence-corrected chi connectivity index (χ1v) is 7.94. The standard InChI is InChI=1S/C15H20N2O4S/c1-15(2,3)14(21)17-12-10(11(16)18)9-7(13(19)20)5-4-6-8(9)22-12/h7H,4-6H2,1-3H3,(H2,16,18)(H,17,21)(H,19,20). The quantitative estimate of drug-likeness (QED) is 0.792. The summed E-state index contributed by atoms with van der Waals surface area (Å²) in [5.41, 5.74) is 5.48. The maximum atomic E-state index is 12.2. The minimum Gasteiger partial charge on any atom is -0.481 e. The van der Waals surface area contributed by atoms with Crippen LogP contribution < -0.4 is 11.1 Å². The zero-order valence-corrected chi connectivity index (χ0v) is 13.7. The van der Waals surface area contributed by atoms with Gasteiger partial charge in [0.25, 0.3) is 5.91 Å². The zero-order valence-electron chi connectivity index (χ0n) is 12.9. The van der Waals surface area contributed by atoms with Crippen molar-refractivity contribution in [2.24, 2.45) is 11.1 Å². The molecule has 22 heavy (non-hydrogen) atoms. The number of primary amides is 1. The Kier molecular flexibility index (Phi) is 4.28. The lowest BCUT2D eigenvalue weighted by Crippen LogP contribution is -2.29. The van der Waals surface area contributed by atoms with E-state index in [-0.39, 0.29) is 11.5 Å². The fraction of sp³-hybridized carbons (Fsp3) is 0.533. The zero-order chi connectivity index (χ0) is 16.7. The van der Waals surface area contributed by atoms with Gasteiger partial charge in [0, 0.05) is 10.3 Å². The summed E-state index contributed by atoms with van der Waals surface area (Å²) in [5.74, 6) is -2.63. The molecule has 0 aromatic carbocycles. The monoisotopic (exact) mass is 324 g/mol. The Hall–Kier alpha value is -1.89. The molecule has 1 aliphatic rings. The molecule has 4 N–H and O–H groups in total. The van der Waals surface area contributed by atoms with Crippen LogP contribution in [0.2, 0.25) is 0 Å². The molecule has 120 valence electrons. The number of fused-ring (bicyclic) bond motifs is 1. The number of carboxylic acid groups (broad SMARTS) is 1. The third-order valence-electron chi connectivity index (χ3n) is 3.72. The summed E-state index contributed by atoms with van der Waals surface area (Å²) >= 11 is 1.26. The van der Waals surface area contributed by atoms with Gasteiger partial charge >= 0.3 is 5.97 Å². The van der Waals surface area contributed by atoms with Gasteiger partial charge in [0.15, 0.2) is 0 Å². The number of carbonyl (C=O) groups is 3. The molecule has 0 saturated heterocycles. The smallest absolute Gasteiger partial charge is 0.311 e. The number of nitrogens with one attached hydrogen (secondary N) is 1. The largest absolute Gasteiger partial charge is 0.481 e. The molecule has 1 heterocycles. The van der Waals surface area contributed by atoms with Gasteiger partial charge in [-0.05, 0) is 24.8 Å². The average Bonchev–Trinajstić information content (AvgIpc) is 2.74. The van der Waals surface area contributed by atoms with Crippen molar-refractivity contribution in [2.75, 3.05) is 5.32 Å². The lowest BCUT2D eigenvalue weighted by Gasteiger charge is -2.20. The molecule has 1 aromatic heterocycles. The van der Waals surface area contributed by atoms with E-state index in [2.05, 4.69) is 5.32 Å². The summed E-state index contributed by atoms with van der Waals surface area (Å²) in [6, 6.07) is 0. The third kappa shape index (κ3) is 2.99. The Balaban J connectivity index is 2.51. The van der Waals surface area contributed by atoms with Crippen LogP contribution in [0.25, 0.3) is 0 Å². The van der Waals surface area contributed by atoms with E-state index < -0.39 is 23.2 Å². The van der Waals surface area contributed by atoms with Crippen LogP contribution in [-0.4, -0.2) is 22.9 Å². The first-order chi connectivity index (χ1) is 10.1. The number of nitrogens with two attached hydrogens (primary N) is 1. The number of thiophene rings is 1. The van der Waals surface area contributed by atoms with Crippen LogP contribution in [0, 0.1) is 5.41 Å². The van der Waals surface area contributed by atoms with Crippen molar-refractivity contribution in [2.45, 2.75) is 46.0 Å². The van der Waals surface area contributed by atoms with Crippen molar-refractivity contribution in [1.82, 2.24) is 0 Å². The Morgan fingerprint density at radius 3 is 2.45 bits per heavy atom. The van der Waals surface area contributed by atoms with E-state index in [0.717, 1.165) is 11.3 Å². The van der Waals surface area contributed by atoms with Crippen molar-refractivity contribution in [3.05, 3.63) is 16.0 Å². The molecule has 2 rings (SSSR count). The molecule has 1 aromatic rings. The van der Waals surface area contributed by atoms with E-state index in [9.17, 15) is 19.5 Å². The Bertz CT molecular complexity index is 643. The summed E-state index contributed by atoms with van der Waals surface area (Å²) in [7, 11) is 0. The van der Waals surface area contributed by atoms with Crippen LogP contribution in [0.1, 0.15) is 60.3 Å². The number of carboxylic acids is 1. The van der Waals surface area contributed by atoms with Gasteiger partial charge in [-0.25, -0.2) is 0 Å². The molecule has 6 nitrogen and oxygen atoms in total. The maximum absolute atomic E-state index is 12.2. The second kappa shape index (κ2) is 5.72. The van der Waals surface area contributed by atoms with Gasteiger partial charge < -0.3 is 16.2 Å². The number of aryl methyl sites for hydroxylation is 1. The fourth-order valence-corrected chi connectivity index (χ4v) is 3.83. The van der Waals surface area contributed by atoms with Gasteiger partial charge in [-0.1, -0.05) is 20.8 Å². The lowest BCUT2D eigenvalue weighted by atomic mass is 9.85. The van der Waals surface area contributed by atoms with Crippen molar-refractivity contribution < 1.29 is 19.5 Å². The van der Waals surface area contributed by atoms with Gasteiger partial charge in [-0.2, -0.15) is 0 Å². The minimum atomic E-state index is -0.963. The van der Waals surface area contributed by atoms with E-state index in [1.807, 2.05) is 0 Å². The third-order valence-corrected chi connectivity index (χ3v) is 4.90. The summed E-state index contributed by atoms with van der Waals surface area (Å²) in [5, 5.41) is 12.5. The molecule has 0 aliphatic heterocycles. The highest BCUT2D eigenvalue weighted by Gasteiger charge is 2.35. The number of amides is 2. The van der Waals surface area contributed by atoms with Crippen LogP contribution in [0.5, 0.6) is 0 Å². The van der Waals surface area contributed by atoms with Crippen molar-refractivity contribution >= 4 is 34.1 Å². The van der Waals surface area contributed by atoms with Gasteiger partial charge in [-0.3, -0.25) is 14.4 Å². The summed E-state index contributed by atoms with van der Waals surface area (Å²) in [4.78, 5) is 36.3. The number of hydrogen-bond acceptors (Lipinski definition) is 4. The maximum Gasteiger partial charge on any atom is 0.311 e. The molecule has 1 aliphatic carbocycles. The fourth-order valence-electron chi connectivity index (χ4n) is 2.53. The number of anilines is 1. The number of carbonyl (C=O) groups excluding carboxylic acids is 2. The SMILES string of the molecule is CC(C)(C)C(=O)Nc1sc2c(c1C(N)=O)C(C(=O)O)CCC2. The Labute approximate surface area is 132 Å². The van der Waals surface area contributed by atoms with E-state index >= 15 is 0 Å². The van der Waals surface area contributed by atoms with E-state index in [0.29, 0.717) is 23.4 Å².